The lowest BCUT2D eigenvalue weighted by molar-refractivity contribution is -0.159. The summed E-state index contributed by atoms with van der Waals surface area (Å²) in [5, 5.41) is 10.1. The summed E-state index contributed by atoms with van der Waals surface area (Å²) in [4.78, 5) is 26.7. The molecule has 0 radical (unpaired) electrons. The largest absolute Gasteiger partial charge is 0.486 e. The molecule has 1 aromatic rings. The fourth-order valence-corrected chi connectivity index (χ4v) is 5.93. The number of hydrogen-bond acceptors (Lipinski definition) is 9. The van der Waals surface area contributed by atoms with E-state index in [-0.39, 0.29) is 36.0 Å². The van der Waals surface area contributed by atoms with Crippen molar-refractivity contribution in [2.45, 2.75) is 49.5 Å². The maximum Gasteiger partial charge on any atom is 0.325 e. The summed E-state index contributed by atoms with van der Waals surface area (Å²) >= 11 is 0. The van der Waals surface area contributed by atoms with E-state index in [1.807, 2.05) is 13.8 Å². The molecular weight excluding hydrogens is 456 g/mol. The van der Waals surface area contributed by atoms with Crippen LogP contribution in [0.3, 0.4) is 0 Å². The zero-order valence-electron chi connectivity index (χ0n) is 18.5. The van der Waals surface area contributed by atoms with Crippen LogP contribution in [0, 0.1) is 0 Å². The van der Waals surface area contributed by atoms with Gasteiger partial charge in [0.25, 0.3) is 5.91 Å². The third-order valence-corrected chi connectivity index (χ3v) is 7.61. The van der Waals surface area contributed by atoms with E-state index in [1.165, 1.54) is 18.2 Å². The third-order valence-electron chi connectivity index (χ3n) is 5.74. The van der Waals surface area contributed by atoms with Crippen LogP contribution in [0.5, 0.6) is 11.5 Å². The van der Waals surface area contributed by atoms with Crippen molar-refractivity contribution in [1.82, 2.24) is 9.21 Å². The van der Waals surface area contributed by atoms with Crippen molar-refractivity contribution in [3.05, 3.63) is 18.2 Å². The highest BCUT2D eigenvalue weighted by Crippen LogP contribution is 2.35. The normalized spacial score (nSPS) is 27.9. The highest BCUT2D eigenvalue weighted by Gasteiger charge is 2.45. The van der Waals surface area contributed by atoms with Gasteiger partial charge in [0.15, 0.2) is 18.1 Å². The molecule has 3 heterocycles. The van der Waals surface area contributed by atoms with Crippen LogP contribution in [0.4, 0.5) is 0 Å². The van der Waals surface area contributed by atoms with E-state index in [0.717, 1.165) is 4.31 Å². The Hall–Kier alpha value is -2.41. The van der Waals surface area contributed by atoms with Crippen molar-refractivity contribution in [2.75, 3.05) is 39.5 Å². The Kier molecular flexibility index (Phi) is 6.80. The van der Waals surface area contributed by atoms with Gasteiger partial charge in [-0.3, -0.25) is 9.59 Å². The molecule has 2 fully saturated rings. The fourth-order valence-electron chi connectivity index (χ4n) is 4.29. The van der Waals surface area contributed by atoms with E-state index in [1.54, 1.807) is 4.90 Å². The number of β-amino-alcohol motifs (C(OH)–C–C–N with tert-alkyl or cyclic N) is 1. The van der Waals surface area contributed by atoms with Crippen molar-refractivity contribution in [3.8, 4) is 11.5 Å². The SMILES string of the molecule is C[C@@H]1CN(C(=O)COC(=O)[C@@H]2C[C@H](O)CN2S(=O)(=O)c2ccc3c(c2)OCCO3)C[C@@H](C)O1. The number of carbonyl (C=O) groups excluding carboxylic acids is 2. The number of carbonyl (C=O) groups is 2. The van der Waals surface area contributed by atoms with Crippen LogP contribution < -0.4 is 9.47 Å². The smallest absolute Gasteiger partial charge is 0.325 e. The lowest BCUT2D eigenvalue weighted by atomic mass is 10.2. The first kappa shape index (κ1) is 23.7. The minimum Gasteiger partial charge on any atom is -0.486 e. The Bertz CT molecular complexity index is 1000. The second kappa shape index (κ2) is 9.45. The average molecular weight is 485 g/mol. The topological polar surface area (TPSA) is 132 Å². The van der Waals surface area contributed by atoms with Crippen molar-refractivity contribution in [1.29, 1.82) is 0 Å². The molecule has 4 atom stereocenters. The standard InChI is InChI=1S/C21H28N2O9S/c1-13-9-22(10-14(2)32-13)20(25)12-31-21(26)17-7-15(24)11-23(17)33(27,28)16-3-4-18-19(8-16)30-6-5-29-18/h3-4,8,13-15,17,24H,5-7,9-12H2,1-2H3/t13-,14-,15+,17+/m1/s1. The number of nitrogens with zero attached hydrogens (tertiary/aromatic N) is 2. The number of amides is 1. The second-order valence-corrected chi connectivity index (χ2v) is 10.3. The van der Waals surface area contributed by atoms with Gasteiger partial charge in [-0.15, -0.1) is 0 Å². The zero-order chi connectivity index (χ0) is 23.8. The lowest BCUT2D eigenvalue weighted by Gasteiger charge is -2.35. The van der Waals surface area contributed by atoms with Gasteiger partial charge in [-0.05, 0) is 26.0 Å². The summed E-state index contributed by atoms with van der Waals surface area (Å²) in [5.41, 5.74) is 0. The highest BCUT2D eigenvalue weighted by molar-refractivity contribution is 7.89. The molecule has 11 nitrogen and oxygen atoms in total. The maximum atomic E-state index is 13.3. The zero-order valence-corrected chi connectivity index (χ0v) is 19.3. The average Bonchev–Trinajstić information content (AvgIpc) is 3.19. The highest BCUT2D eigenvalue weighted by atomic mass is 32.2. The molecule has 4 rings (SSSR count). The summed E-state index contributed by atoms with van der Waals surface area (Å²) in [6.07, 6.45) is -1.43. The van der Waals surface area contributed by atoms with E-state index in [0.29, 0.717) is 37.8 Å². The molecule has 3 aliphatic heterocycles. The molecule has 0 unspecified atom stereocenters. The van der Waals surface area contributed by atoms with Gasteiger partial charge in [-0.25, -0.2) is 8.42 Å². The molecule has 1 aromatic carbocycles. The van der Waals surface area contributed by atoms with Gasteiger partial charge in [0, 0.05) is 32.1 Å². The van der Waals surface area contributed by atoms with E-state index in [2.05, 4.69) is 0 Å². The predicted octanol–water partition coefficient (Wildman–Crippen LogP) is -0.239. The Morgan fingerprint density at radius 2 is 1.76 bits per heavy atom. The fraction of sp³-hybridized carbons (Fsp3) is 0.619. The van der Waals surface area contributed by atoms with Crippen LogP contribution in [0.15, 0.2) is 23.1 Å². The van der Waals surface area contributed by atoms with Gasteiger partial charge in [0.1, 0.15) is 19.3 Å². The number of aliphatic hydroxyl groups is 1. The van der Waals surface area contributed by atoms with Crippen LogP contribution in [0.1, 0.15) is 20.3 Å². The number of esters is 1. The summed E-state index contributed by atoms with van der Waals surface area (Å²) in [7, 11) is -4.15. The molecule has 33 heavy (non-hydrogen) atoms. The van der Waals surface area contributed by atoms with Crippen molar-refractivity contribution in [2.24, 2.45) is 0 Å². The van der Waals surface area contributed by atoms with Gasteiger partial charge in [-0.2, -0.15) is 4.31 Å². The molecule has 0 spiro atoms. The molecule has 12 heteroatoms. The molecule has 0 saturated carbocycles. The number of aliphatic hydroxyl groups excluding tert-OH is 1. The number of rotatable bonds is 5. The summed E-state index contributed by atoms with van der Waals surface area (Å²) in [6, 6.07) is 2.94. The molecular formula is C21H28N2O9S. The molecule has 182 valence electrons. The first-order valence-corrected chi connectivity index (χ1v) is 12.3. The predicted molar refractivity (Wildman–Crippen MR) is 113 cm³/mol. The van der Waals surface area contributed by atoms with Crippen LogP contribution in [0.2, 0.25) is 0 Å². The molecule has 1 N–H and O–H groups in total. The first-order valence-electron chi connectivity index (χ1n) is 10.8. The van der Waals surface area contributed by atoms with Crippen molar-refractivity contribution >= 4 is 21.9 Å². The number of hydrogen-bond donors (Lipinski definition) is 1. The van der Waals surface area contributed by atoms with E-state index in [4.69, 9.17) is 18.9 Å². The number of ether oxygens (including phenoxy) is 4. The number of morpholine rings is 1. The van der Waals surface area contributed by atoms with Crippen LogP contribution in [0.25, 0.3) is 0 Å². The third kappa shape index (κ3) is 5.08. The van der Waals surface area contributed by atoms with Gasteiger partial charge < -0.3 is 29.0 Å². The molecule has 0 aliphatic carbocycles. The Morgan fingerprint density at radius 1 is 1.09 bits per heavy atom. The molecule has 1 amide bonds. The van der Waals surface area contributed by atoms with Gasteiger partial charge >= 0.3 is 5.97 Å². The van der Waals surface area contributed by atoms with Gasteiger partial charge in [0.2, 0.25) is 10.0 Å². The minimum atomic E-state index is -4.15. The van der Waals surface area contributed by atoms with Gasteiger partial charge in [-0.1, -0.05) is 0 Å². The summed E-state index contributed by atoms with van der Waals surface area (Å²) < 4.78 is 49.1. The summed E-state index contributed by atoms with van der Waals surface area (Å²) in [6.45, 7) is 4.35. The maximum absolute atomic E-state index is 13.3. The van der Waals surface area contributed by atoms with Crippen molar-refractivity contribution < 1.29 is 42.1 Å². The lowest BCUT2D eigenvalue weighted by Crippen LogP contribution is -2.50. The summed E-state index contributed by atoms with van der Waals surface area (Å²) in [5.74, 6) is -0.538. The monoisotopic (exact) mass is 484 g/mol. The van der Waals surface area contributed by atoms with Crippen LogP contribution in [-0.2, 0) is 29.1 Å². The van der Waals surface area contributed by atoms with Crippen molar-refractivity contribution in [3.63, 3.8) is 0 Å². The number of fused-ring (bicyclic) bond motifs is 1. The van der Waals surface area contributed by atoms with Gasteiger partial charge in [0.05, 0.1) is 23.2 Å². The molecule has 2 saturated heterocycles. The molecule has 0 bridgehead atoms. The number of sulfonamides is 1. The van der Waals surface area contributed by atoms with Crippen LogP contribution in [-0.4, -0.2) is 98.4 Å². The van der Waals surface area contributed by atoms with E-state index >= 15 is 0 Å². The Morgan fingerprint density at radius 3 is 2.45 bits per heavy atom. The number of benzene rings is 1. The first-order chi connectivity index (χ1) is 15.6. The molecule has 0 aromatic heterocycles. The van der Waals surface area contributed by atoms with E-state index in [9.17, 15) is 23.1 Å². The molecule has 3 aliphatic rings. The Balaban J connectivity index is 1.44. The Labute approximate surface area is 192 Å². The quantitative estimate of drug-likeness (QED) is 0.563. The van der Waals surface area contributed by atoms with Crippen LogP contribution >= 0.6 is 0 Å². The second-order valence-electron chi connectivity index (χ2n) is 8.45. The minimum absolute atomic E-state index is 0.0916. The van der Waals surface area contributed by atoms with E-state index < -0.39 is 34.7 Å².